The Balaban J connectivity index is 1.57. The summed E-state index contributed by atoms with van der Waals surface area (Å²) in [4.78, 5) is 33.7. The van der Waals surface area contributed by atoms with Crippen molar-refractivity contribution in [3.63, 3.8) is 0 Å². The molecule has 2 aromatic rings. The summed E-state index contributed by atoms with van der Waals surface area (Å²) in [6.45, 7) is 2.85. The summed E-state index contributed by atoms with van der Waals surface area (Å²) in [6.07, 6.45) is 8.20. The van der Waals surface area contributed by atoms with Crippen LogP contribution in [0.2, 0.25) is 0 Å². The summed E-state index contributed by atoms with van der Waals surface area (Å²) < 4.78 is 1.79. The Hall–Kier alpha value is -2.70. The van der Waals surface area contributed by atoms with Crippen LogP contribution in [0, 0.1) is 5.92 Å². The van der Waals surface area contributed by atoms with Crippen LogP contribution in [0.3, 0.4) is 0 Å². The van der Waals surface area contributed by atoms with Gasteiger partial charge in [0.2, 0.25) is 11.8 Å². The van der Waals surface area contributed by atoms with Crippen LogP contribution in [0.25, 0.3) is 5.82 Å². The molecular weight excluding hydrogens is 294 g/mol. The van der Waals surface area contributed by atoms with Gasteiger partial charge >= 0.3 is 0 Å². The maximum atomic E-state index is 12.3. The van der Waals surface area contributed by atoms with Gasteiger partial charge in [-0.3, -0.25) is 14.2 Å². The molecule has 1 fully saturated rings. The van der Waals surface area contributed by atoms with Gasteiger partial charge in [0, 0.05) is 38.3 Å². The highest BCUT2D eigenvalue weighted by atomic mass is 16.2. The lowest BCUT2D eigenvalue weighted by Crippen LogP contribution is -2.40. The number of piperidine rings is 1. The monoisotopic (exact) mass is 313 g/mol. The molecule has 0 atom stereocenters. The normalized spacial score (nSPS) is 15.4. The molecule has 0 radical (unpaired) electrons. The lowest BCUT2D eigenvalue weighted by Gasteiger charge is -2.30. The minimum atomic E-state index is -0.0566. The van der Waals surface area contributed by atoms with Crippen molar-refractivity contribution in [1.82, 2.24) is 19.4 Å². The van der Waals surface area contributed by atoms with E-state index in [-0.39, 0.29) is 17.7 Å². The van der Waals surface area contributed by atoms with Crippen LogP contribution in [0.4, 0.5) is 5.69 Å². The molecular formula is C16H19N5O2. The van der Waals surface area contributed by atoms with Crippen molar-refractivity contribution in [3.05, 3.63) is 37.1 Å². The smallest absolute Gasteiger partial charge is 0.227 e. The van der Waals surface area contributed by atoms with Gasteiger partial charge in [0.1, 0.15) is 12.1 Å². The molecule has 7 heteroatoms. The van der Waals surface area contributed by atoms with Gasteiger partial charge in [-0.2, -0.15) is 0 Å². The zero-order valence-corrected chi connectivity index (χ0v) is 13.0. The van der Waals surface area contributed by atoms with Gasteiger partial charge in [-0.25, -0.2) is 9.97 Å². The van der Waals surface area contributed by atoms with Gasteiger partial charge in [-0.1, -0.05) is 0 Å². The predicted octanol–water partition coefficient (Wildman–Crippen LogP) is 1.46. The number of nitrogens with one attached hydrogen (secondary N) is 1. The minimum absolute atomic E-state index is 0.00890. The number of hydrogen-bond acceptors (Lipinski definition) is 4. The molecule has 2 aromatic heterocycles. The lowest BCUT2D eigenvalue weighted by atomic mass is 9.96. The zero-order valence-electron chi connectivity index (χ0n) is 13.0. The predicted molar refractivity (Wildman–Crippen MR) is 85.0 cm³/mol. The first-order valence-electron chi connectivity index (χ1n) is 7.64. The Morgan fingerprint density at radius 3 is 2.61 bits per heavy atom. The summed E-state index contributed by atoms with van der Waals surface area (Å²) >= 11 is 0. The first-order chi connectivity index (χ1) is 11.1. The van der Waals surface area contributed by atoms with Gasteiger partial charge in [-0.15, -0.1) is 0 Å². The average Bonchev–Trinajstić information content (AvgIpc) is 3.10. The van der Waals surface area contributed by atoms with Crippen LogP contribution in [-0.2, 0) is 9.59 Å². The molecule has 0 aromatic carbocycles. The standard InChI is InChI=1S/C16H19N5O2/c1-12(22)20-7-4-13(5-8-20)16(23)19-14-2-3-15(18-10-14)21-9-6-17-11-21/h2-3,6,9-11,13H,4-5,7-8H2,1H3,(H,19,23). The third kappa shape index (κ3) is 3.56. The number of carbonyl (C=O) groups is 2. The van der Waals surface area contributed by atoms with Crippen LogP contribution in [-0.4, -0.2) is 44.3 Å². The highest BCUT2D eigenvalue weighted by molar-refractivity contribution is 5.92. The first kappa shape index (κ1) is 15.2. The van der Waals surface area contributed by atoms with E-state index in [0.29, 0.717) is 31.6 Å². The molecule has 2 amide bonds. The average molecular weight is 313 g/mol. The van der Waals surface area contributed by atoms with E-state index in [1.54, 1.807) is 35.1 Å². The number of likely N-dealkylation sites (tertiary alicyclic amines) is 1. The number of pyridine rings is 1. The number of carbonyl (C=O) groups excluding carboxylic acids is 2. The van der Waals surface area contributed by atoms with Gasteiger partial charge in [0.25, 0.3) is 0 Å². The molecule has 1 aliphatic rings. The largest absolute Gasteiger partial charge is 0.343 e. The van der Waals surface area contributed by atoms with Crippen molar-refractivity contribution in [3.8, 4) is 5.82 Å². The van der Waals surface area contributed by atoms with Crippen molar-refractivity contribution < 1.29 is 9.59 Å². The second-order valence-corrected chi connectivity index (χ2v) is 5.64. The topological polar surface area (TPSA) is 80.1 Å². The summed E-state index contributed by atoms with van der Waals surface area (Å²) in [5.41, 5.74) is 0.674. The maximum absolute atomic E-state index is 12.3. The fraction of sp³-hybridized carbons (Fsp3) is 0.375. The van der Waals surface area contributed by atoms with Crippen LogP contribution in [0.15, 0.2) is 37.1 Å². The highest BCUT2D eigenvalue weighted by Gasteiger charge is 2.26. The maximum Gasteiger partial charge on any atom is 0.227 e. The van der Waals surface area contributed by atoms with E-state index in [1.165, 1.54) is 0 Å². The van der Waals surface area contributed by atoms with Gasteiger partial charge in [-0.05, 0) is 25.0 Å². The first-order valence-corrected chi connectivity index (χ1v) is 7.64. The number of anilines is 1. The van der Waals surface area contributed by atoms with Crippen molar-refractivity contribution in [2.45, 2.75) is 19.8 Å². The molecule has 1 N–H and O–H groups in total. The third-order valence-corrected chi connectivity index (χ3v) is 4.10. The highest BCUT2D eigenvalue weighted by Crippen LogP contribution is 2.19. The SMILES string of the molecule is CC(=O)N1CCC(C(=O)Nc2ccc(-n3ccnc3)nc2)CC1. The molecule has 0 spiro atoms. The number of amides is 2. The molecule has 0 unspecified atom stereocenters. The van der Waals surface area contributed by atoms with Crippen LogP contribution < -0.4 is 5.32 Å². The minimum Gasteiger partial charge on any atom is -0.343 e. The number of aromatic nitrogens is 3. The zero-order chi connectivity index (χ0) is 16.2. The van der Waals surface area contributed by atoms with E-state index < -0.39 is 0 Å². The van der Waals surface area contributed by atoms with Crippen molar-refractivity contribution in [1.29, 1.82) is 0 Å². The summed E-state index contributed by atoms with van der Waals surface area (Å²) in [7, 11) is 0. The summed E-state index contributed by atoms with van der Waals surface area (Å²) in [5.74, 6) is 0.753. The second kappa shape index (κ2) is 6.60. The quantitative estimate of drug-likeness (QED) is 0.930. The molecule has 120 valence electrons. The number of hydrogen-bond donors (Lipinski definition) is 1. The molecule has 1 aliphatic heterocycles. The number of imidazole rings is 1. The van der Waals surface area contributed by atoms with E-state index >= 15 is 0 Å². The van der Waals surface area contributed by atoms with Crippen LogP contribution >= 0.6 is 0 Å². The molecule has 7 nitrogen and oxygen atoms in total. The molecule has 3 heterocycles. The Kier molecular flexibility index (Phi) is 4.36. The second-order valence-electron chi connectivity index (χ2n) is 5.64. The van der Waals surface area contributed by atoms with E-state index in [1.807, 2.05) is 18.3 Å². The van der Waals surface area contributed by atoms with E-state index in [9.17, 15) is 9.59 Å². The fourth-order valence-corrected chi connectivity index (χ4v) is 2.71. The van der Waals surface area contributed by atoms with E-state index in [0.717, 1.165) is 5.82 Å². The van der Waals surface area contributed by atoms with Gasteiger partial charge < -0.3 is 10.2 Å². The van der Waals surface area contributed by atoms with Gasteiger partial charge in [0.15, 0.2) is 0 Å². The number of rotatable bonds is 3. The molecule has 3 rings (SSSR count). The third-order valence-electron chi connectivity index (χ3n) is 4.10. The molecule has 0 aliphatic carbocycles. The Bertz CT molecular complexity index is 673. The molecule has 1 saturated heterocycles. The van der Waals surface area contributed by atoms with Crippen molar-refractivity contribution in [2.24, 2.45) is 5.92 Å². The molecule has 23 heavy (non-hydrogen) atoms. The van der Waals surface area contributed by atoms with Crippen molar-refractivity contribution >= 4 is 17.5 Å². The summed E-state index contributed by atoms with van der Waals surface area (Å²) in [6, 6.07) is 3.65. The van der Waals surface area contributed by atoms with Crippen LogP contribution in [0.1, 0.15) is 19.8 Å². The van der Waals surface area contributed by atoms with Crippen molar-refractivity contribution in [2.75, 3.05) is 18.4 Å². The van der Waals surface area contributed by atoms with E-state index in [2.05, 4.69) is 15.3 Å². The molecule has 0 bridgehead atoms. The molecule has 0 saturated carbocycles. The lowest BCUT2D eigenvalue weighted by molar-refractivity contribution is -0.132. The van der Waals surface area contributed by atoms with Gasteiger partial charge in [0.05, 0.1) is 11.9 Å². The van der Waals surface area contributed by atoms with E-state index in [4.69, 9.17) is 0 Å². The summed E-state index contributed by atoms with van der Waals surface area (Å²) in [5, 5.41) is 2.90. The van der Waals surface area contributed by atoms with Crippen LogP contribution in [0.5, 0.6) is 0 Å². The Labute approximate surface area is 134 Å². The fourth-order valence-electron chi connectivity index (χ4n) is 2.71. The number of nitrogens with zero attached hydrogens (tertiary/aromatic N) is 4. The Morgan fingerprint density at radius 1 is 1.26 bits per heavy atom. The Morgan fingerprint density at radius 2 is 2.04 bits per heavy atom.